The molecule has 0 spiro atoms. The molecule has 9 heteroatoms. The molecule has 1 aromatic heterocycles. The van der Waals surface area contributed by atoms with Crippen molar-refractivity contribution in [3.05, 3.63) is 60.8 Å². The van der Waals surface area contributed by atoms with E-state index in [1.807, 2.05) is 39.0 Å². The number of hydrogen-bond acceptors (Lipinski definition) is 8. The summed E-state index contributed by atoms with van der Waals surface area (Å²) in [6, 6.07) is 16.2. The van der Waals surface area contributed by atoms with Crippen LogP contribution in [0.5, 0.6) is 0 Å². The van der Waals surface area contributed by atoms with Crippen LogP contribution < -0.4 is 4.90 Å². The van der Waals surface area contributed by atoms with Gasteiger partial charge in [0.1, 0.15) is 5.60 Å². The van der Waals surface area contributed by atoms with Gasteiger partial charge in [-0.15, -0.1) is 5.06 Å². The van der Waals surface area contributed by atoms with E-state index < -0.39 is 21.6 Å². The Kier molecular flexibility index (Phi) is 6.85. The van der Waals surface area contributed by atoms with E-state index in [1.54, 1.807) is 41.5 Å². The Morgan fingerprint density at radius 3 is 2.43 bits per heavy atom. The van der Waals surface area contributed by atoms with Crippen molar-refractivity contribution in [2.24, 2.45) is 0 Å². The summed E-state index contributed by atoms with van der Waals surface area (Å²) in [5, 5.41) is 2.56. The fourth-order valence-corrected chi connectivity index (χ4v) is 6.62. The quantitative estimate of drug-likeness (QED) is 0.422. The van der Waals surface area contributed by atoms with Gasteiger partial charge in [-0.3, -0.25) is 4.98 Å². The van der Waals surface area contributed by atoms with Gasteiger partial charge in [-0.05, 0) is 70.7 Å². The van der Waals surface area contributed by atoms with Crippen molar-refractivity contribution < 1.29 is 22.8 Å². The van der Waals surface area contributed by atoms with Crippen LogP contribution in [0.2, 0.25) is 0 Å². The number of rotatable bonds is 4. The number of para-hydroxylation sites is 1. The van der Waals surface area contributed by atoms with Crippen molar-refractivity contribution in [1.29, 1.82) is 0 Å². The number of ether oxygens (including phenoxy) is 1. The van der Waals surface area contributed by atoms with Crippen molar-refractivity contribution in [3.8, 4) is 0 Å². The SMILES string of the molecule is CC(C)(C)OC(=O)ON1CCCC2C1CCCN2c1cccc2cc(S(=O)(=O)c3ccccc3)cnc12. The van der Waals surface area contributed by atoms with Gasteiger partial charge < -0.3 is 14.5 Å². The number of fused-ring (bicyclic) bond motifs is 2. The molecule has 2 unspecified atom stereocenters. The second-order valence-corrected chi connectivity index (χ2v) is 12.6. The second kappa shape index (κ2) is 9.95. The lowest BCUT2D eigenvalue weighted by atomic mass is 9.88. The van der Waals surface area contributed by atoms with Crippen LogP contribution in [0.25, 0.3) is 10.9 Å². The summed E-state index contributed by atoms with van der Waals surface area (Å²) in [6.45, 7) is 6.98. The number of piperidine rings is 2. The van der Waals surface area contributed by atoms with E-state index in [9.17, 15) is 13.2 Å². The first-order chi connectivity index (χ1) is 17.6. The fourth-order valence-electron chi connectivity index (χ4n) is 5.36. The summed E-state index contributed by atoms with van der Waals surface area (Å²) < 4.78 is 31.7. The normalized spacial score (nSPS) is 20.9. The third-order valence-electron chi connectivity index (χ3n) is 6.91. The molecular weight excluding hydrogens is 490 g/mol. The van der Waals surface area contributed by atoms with Gasteiger partial charge in [0.15, 0.2) is 0 Å². The van der Waals surface area contributed by atoms with Crippen molar-refractivity contribution in [3.63, 3.8) is 0 Å². The molecule has 8 nitrogen and oxygen atoms in total. The lowest BCUT2D eigenvalue weighted by molar-refractivity contribution is -0.183. The van der Waals surface area contributed by atoms with Gasteiger partial charge in [0.25, 0.3) is 0 Å². The Bertz CT molecular complexity index is 1390. The molecule has 2 aromatic carbocycles. The molecule has 37 heavy (non-hydrogen) atoms. The third-order valence-corrected chi connectivity index (χ3v) is 8.65. The minimum atomic E-state index is -3.66. The molecule has 0 bridgehead atoms. The van der Waals surface area contributed by atoms with Crippen molar-refractivity contribution in [2.75, 3.05) is 18.0 Å². The Morgan fingerprint density at radius 2 is 1.68 bits per heavy atom. The number of hydrogen-bond donors (Lipinski definition) is 0. The monoisotopic (exact) mass is 523 g/mol. The zero-order valence-corrected chi connectivity index (χ0v) is 22.3. The van der Waals surface area contributed by atoms with Crippen LogP contribution in [0.4, 0.5) is 10.5 Å². The standard InChI is InChI=1S/C28H33N3O5S/c1-28(2,3)35-27(32)36-31-17-9-14-23-24(31)15-8-16-30(23)25-13-7-10-20-18-22(19-29-26(20)25)37(33,34)21-11-5-4-6-12-21/h4-7,10-13,18-19,23-24H,8-9,14-17H2,1-3H3. The molecule has 3 aromatic rings. The van der Waals surface area contributed by atoms with E-state index >= 15 is 0 Å². The molecule has 196 valence electrons. The van der Waals surface area contributed by atoms with E-state index in [-0.39, 0.29) is 21.9 Å². The molecule has 2 saturated heterocycles. The first kappa shape index (κ1) is 25.5. The lowest BCUT2D eigenvalue weighted by Crippen LogP contribution is -2.59. The molecule has 3 heterocycles. The van der Waals surface area contributed by atoms with Crippen LogP contribution >= 0.6 is 0 Å². The van der Waals surface area contributed by atoms with Crippen molar-refractivity contribution in [1.82, 2.24) is 10.0 Å². The van der Waals surface area contributed by atoms with E-state index in [0.29, 0.717) is 6.54 Å². The van der Waals surface area contributed by atoms with Crippen molar-refractivity contribution >= 4 is 32.6 Å². The number of benzene rings is 2. The van der Waals surface area contributed by atoms with E-state index in [0.717, 1.165) is 48.8 Å². The summed E-state index contributed by atoms with van der Waals surface area (Å²) >= 11 is 0. The van der Waals surface area contributed by atoms with E-state index in [1.165, 1.54) is 6.20 Å². The van der Waals surface area contributed by atoms with Crippen LogP contribution in [-0.2, 0) is 19.4 Å². The summed E-state index contributed by atoms with van der Waals surface area (Å²) in [4.78, 5) is 25.5. The zero-order valence-electron chi connectivity index (χ0n) is 21.5. The number of sulfone groups is 1. The van der Waals surface area contributed by atoms with Gasteiger partial charge in [-0.25, -0.2) is 13.2 Å². The third kappa shape index (κ3) is 5.29. The molecule has 0 saturated carbocycles. The van der Waals surface area contributed by atoms with Gasteiger partial charge in [-0.1, -0.05) is 30.3 Å². The topological polar surface area (TPSA) is 89.0 Å². The first-order valence-corrected chi connectivity index (χ1v) is 14.2. The van der Waals surface area contributed by atoms with Crippen LogP contribution in [-0.4, -0.2) is 55.4 Å². The molecule has 0 radical (unpaired) electrons. The number of carbonyl (C=O) groups excluding carboxylic acids is 1. The maximum Gasteiger partial charge on any atom is 0.528 e. The number of pyridine rings is 1. The average molecular weight is 524 g/mol. The van der Waals surface area contributed by atoms with Gasteiger partial charge in [0, 0.05) is 30.7 Å². The van der Waals surface area contributed by atoms with Gasteiger partial charge >= 0.3 is 6.16 Å². The molecule has 0 amide bonds. The van der Waals surface area contributed by atoms with Crippen LogP contribution in [0, 0.1) is 0 Å². The van der Waals surface area contributed by atoms with Crippen LogP contribution in [0.3, 0.4) is 0 Å². The number of carbonyl (C=O) groups is 1. The second-order valence-electron chi connectivity index (χ2n) is 10.6. The predicted molar refractivity (Wildman–Crippen MR) is 141 cm³/mol. The van der Waals surface area contributed by atoms with E-state index in [4.69, 9.17) is 9.57 Å². The van der Waals surface area contributed by atoms with Crippen LogP contribution in [0.1, 0.15) is 46.5 Å². The predicted octanol–water partition coefficient (Wildman–Crippen LogP) is 5.37. The highest BCUT2D eigenvalue weighted by atomic mass is 32.2. The molecule has 2 aliphatic rings. The van der Waals surface area contributed by atoms with E-state index in [2.05, 4.69) is 9.88 Å². The number of anilines is 1. The maximum atomic E-state index is 13.2. The van der Waals surface area contributed by atoms with Crippen molar-refractivity contribution in [2.45, 2.75) is 73.9 Å². The molecule has 0 N–H and O–H groups in total. The highest BCUT2D eigenvalue weighted by Gasteiger charge is 2.41. The largest absolute Gasteiger partial charge is 0.528 e. The Labute approximate surface area is 218 Å². The molecule has 2 aliphatic heterocycles. The number of hydroxylamine groups is 2. The summed E-state index contributed by atoms with van der Waals surface area (Å²) in [5.74, 6) is 0. The minimum Gasteiger partial charge on any atom is -0.427 e. The molecule has 2 atom stereocenters. The Balaban J connectivity index is 1.43. The zero-order chi connectivity index (χ0) is 26.2. The Hall–Kier alpha value is -3.17. The molecule has 2 fully saturated rings. The average Bonchev–Trinajstić information content (AvgIpc) is 2.87. The smallest absolute Gasteiger partial charge is 0.427 e. The lowest BCUT2D eigenvalue weighted by Gasteiger charge is -2.48. The maximum absolute atomic E-state index is 13.2. The Morgan fingerprint density at radius 1 is 0.946 bits per heavy atom. The van der Waals surface area contributed by atoms with Crippen LogP contribution in [0.15, 0.2) is 70.6 Å². The molecule has 5 rings (SSSR count). The summed E-state index contributed by atoms with van der Waals surface area (Å²) in [5.41, 5.74) is 1.11. The first-order valence-electron chi connectivity index (χ1n) is 12.8. The molecular formula is C28H33N3O5S. The minimum absolute atomic E-state index is 0.0445. The van der Waals surface area contributed by atoms with Gasteiger partial charge in [0.05, 0.1) is 27.0 Å². The van der Waals surface area contributed by atoms with Gasteiger partial charge in [-0.2, -0.15) is 0 Å². The molecule has 0 aliphatic carbocycles. The summed E-state index contributed by atoms with van der Waals surface area (Å²) in [7, 11) is -3.66. The highest BCUT2D eigenvalue weighted by molar-refractivity contribution is 7.91. The number of nitrogens with zero attached hydrogens (tertiary/aromatic N) is 3. The van der Waals surface area contributed by atoms with Gasteiger partial charge in [0.2, 0.25) is 9.84 Å². The fraction of sp³-hybridized carbons (Fsp3) is 0.429. The number of aromatic nitrogens is 1. The highest BCUT2D eigenvalue weighted by Crippen LogP contribution is 2.37. The summed E-state index contributed by atoms with van der Waals surface area (Å²) in [6.07, 6.45) is 4.49.